The number of rotatable bonds is 5. The highest BCUT2D eigenvalue weighted by Gasteiger charge is 2.47. The van der Waals surface area contributed by atoms with E-state index in [1.165, 1.54) is 57.8 Å². The highest BCUT2D eigenvalue weighted by molar-refractivity contribution is 5.08. The van der Waals surface area contributed by atoms with E-state index < -0.39 is 0 Å². The Labute approximate surface area is 88.8 Å². The molecule has 1 saturated carbocycles. The Hall–Kier alpha value is -0.260. The van der Waals surface area contributed by atoms with Crippen LogP contribution in [0.2, 0.25) is 0 Å². The summed E-state index contributed by atoms with van der Waals surface area (Å²) in [6, 6.07) is 0. The molecule has 1 atom stereocenters. The summed E-state index contributed by atoms with van der Waals surface area (Å²) in [5.74, 6) is 0.952. The maximum Gasteiger partial charge on any atom is -0.0177 e. The minimum absolute atomic E-state index is 0.784. The molecule has 0 radical (unpaired) electrons. The largest absolute Gasteiger partial charge is 0.0882 e. The van der Waals surface area contributed by atoms with E-state index in [-0.39, 0.29) is 0 Å². The summed E-state index contributed by atoms with van der Waals surface area (Å²) in [6.07, 6.45) is 18.0. The van der Waals surface area contributed by atoms with Gasteiger partial charge >= 0.3 is 0 Å². The van der Waals surface area contributed by atoms with Crippen LogP contribution in [0.1, 0.15) is 64.7 Å². The van der Waals surface area contributed by atoms with E-state index in [0.29, 0.717) is 0 Å². The Morgan fingerprint density at radius 3 is 2.71 bits per heavy atom. The lowest BCUT2D eigenvalue weighted by molar-refractivity contribution is 0.302. The van der Waals surface area contributed by atoms with Crippen LogP contribution in [0.15, 0.2) is 12.2 Å². The molecular formula is C14H24. The highest BCUT2D eigenvalue weighted by Crippen LogP contribution is 2.58. The molecule has 0 N–H and O–H groups in total. The van der Waals surface area contributed by atoms with Gasteiger partial charge in [0, 0.05) is 0 Å². The SMILES string of the molecule is CCCCCC1([C@H]2C=CCCC2)CC1. The van der Waals surface area contributed by atoms with Crippen LogP contribution in [0, 0.1) is 11.3 Å². The van der Waals surface area contributed by atoms with Gasteiger partial charge in [-0.15, -0.1) is 0 Å². The summed E-state index contributed by atoms with van der Waals surface area (Å²) in [5.41, 5.74) is 0.784. The van der Waals surface area contributed by atoms with Crippen LogP contribution in [0.25, 0.3) is 0 Å². The smallest absolute Gasteiger partial charge is 0.0177 e. The Balaban J connectivity index is 1.82. The minimum Gasteiger partial charge on any atom is -0.0882 e. The fraction of sp³-hybridized carbons (Fsp3) is 0.857. The zero-order chi connectivity index (χ0) is 9.86. The molecule has 2 aliphatic carbocycles. The zero-order valence-corrected chi connectivity index (χ0v) is 9.60. The number of allylic oxidation sites excluding steroid dienone is 2. The van der Waals surface area contributed by atoms with Gasteiger partial charge in [-0.1, -0.05) is 38.3 Å². The molecule has 0 nitrogen and oxygen atoms in total. The van der Waals surface area contributed by atoms with Crippen molar-refractivity contribution < 1.29 is 0 Å². The van der Waals surface area contributed by atoms with E-state index in [1.807, 2.05) is 0 Å². The van der Waals surface area contributed by atoms with Crippen LogP contribution < -0.4 is 0 Å². The molecule has 0 heterocycles. The molecule has 0 aromatic carbocycles. The molecule has 0 amide bonds. The van der Waals surface area contributed by atoms with Gasteiger partial charge in [-0.05, 0) is 49.9 Å². The van der Waals surface area contributed by atoms with E-state index in [0.717, 1.165) is 11.3 Å². The fourth-order valence-corrected chi connectivity index (χ4v) is 3.02. The first-order valence-electron chi connectivity index (χ1n) is 6.54. The second-order valence-corrected chi connectivity index (χ2v) is 5.29. The lowest BCUT2D eigenvalue weighted by atomic mass is 9.79. The average Bonchev–Trinajstić information content (AvgIpc) is 3.01. The zero-order valence-electron chi connectivity index (χ0n) is 9.60. The monoisotopic (exact) mass is 192 g/mol. The third kappa shape index (κ3) is 2.21. The predicted molar refractivity (Wildman–Crippen MR) is 62.3 cm³/mol. The van der Waals surface area contributed by atoms with E-state index in [2.05, 4.69) is 19.1 Å². The van der Waals surface area contributed by atoms with Crippen LogP contribution >= 0.6 is 0 Å². The highest BCUT2D eigenvalue weighted by atomic mass is 14.5. The lowest BCUT2D eigenvalue weighted by Gasteiger charge is -2.26. The first kappa shape index (κ1) is 10.3. The van der Waals surface area contributed by atoms with Crippen LogP contribution in [0.4, 0.5) is 0 Å². The summed E-state index contributed by atoms with van der Waals surface area (Å²) in [4.78, 5) is 0. The van der Waals surface area contributed by atoms with Crippen molar-refractivity contribution in [2.75, 3.05) is 0 Å². The van der Waals surface area contributed by atoms with E-state index in [1.54, 1.807) is 0 Å². The third-order valence-electron chi connectivity index (χ3n) is 4.21. The van der Waals surface area contributed by atoms with Gasteiger partial charge in [-0.2, -0.15) is 0 Å². The molecule has 2 rings (SSSR count). The second kappa shape index (κ2) is 4.51. The molecule has 0 aromatic heterocycles. The molecule has 80 valence electrons. The van der Waals surface area contributed by atoms with Crippen molar-refractivity contribution in [2.24, 2.45) is 11.3 Å². The molecule has 0 aromatic rings. The van der Waals surface area contributed by atoms with Crippen LogP contribution in [-0.4, -0.2) is 0 Å². The Bertz CT molecular complexity index is 198. The van der Waals surface area contributed by atoms with Gasteiger partial charge in [0.2, 0.25) is 0 Å². The van der Waals surface area contributed by atoms with Gasteiger partial charge in [0.15, 0.2) is 0 Å². The molecule has 14 heavy (non-hydrogen) atoms. The molecule has 2 aliphatic rings. The molecule has 0 aliphatic heterocycles. The van der Waals surface area contributed by atoms with Gasteiger partial charge in [0.1, 0.15) is 0 Å². The first-order valence-corrected chi connectivity index (χ1v) is 6.54. The Kier molecular flexibility index (Phi) is 3.30. The Morgan fingerprint density at radius 2 is 2.14 bits per heavy atom. The molecule has 0 bridgehead atoms. The third-order valence-corrected chi connectivity index (χ3v) is 4.21. The molecule has 0 unspecified atom stereocenters. The predicted octanol–water partition coefficient (Wildman–Crippen LogP) is 4.70. The Morgan fingerprint density at radius 1 is 1.29 bits per heavy atom. The molecule has 0 spiro atoms. The van der Waals surface area contributed by atoms with Gasteiger partial charge < -0.3 is 0 Å². The van der Waals surface area contributed by atoms with Crippen molar-refractivity contribution in [3.63, 3.8) is 0 Å². The van der Waals surface area contributed by atoms with Crippen LogP contribution in [-0.2, 0) is 0 Å². The quantitative estimate of drug-likeness (QED) is 0.437. The van der Waals surface area contributed by atoms with E-state index in [9.17, 15) is 0 Å². The van der Waals surface area contributed by atoms with Gasteiger partial charge in [-0.25, -0.2) is 0 Å². The summed E-state index contributed by atoms with van der Waals surface area (Å²) in [6.45, 7) is 2.31. The van der Waals surface area contributed by atoms with Gasteiger partial charge in [0.05, 0.1) is 0 Å². The normalized spacial score (nSPS) is 29.1. The maximum atomic E-state index is 2.53. The van der Waals surface area contributed by atoms with Crippen LogP contribution in [0.5, 0.6) is 0 Å². The summed E-state index contributed by atoms with van der Waals surface area (Å²) < 4.78 is 0. The molecule has 0 saturated heterocycles. The van der Waals surface area contributed by atoms with Gasteiger partial charge in [0.25, 0.3) is 0 Å². The minimum atomic E-state index is 0.784. The molecule has 0 heteroatoms. The van der Waals surface area contributed by atoms with Crippen molar-refractivity contribution in [3.05, 3.63) is 12.2 Å². The topological polar surface area (TPSA) is 0 Å². The lowest BCUT2D eigenvalue weighted by Crippen LogP contribution is -2.15. The molecule has 1 fully saturated rings. The van der Waals surface area contributed by atoms with Crippen LogP contribution in [0.3, 0.4) is 0 Å². The van der Waals surface area contributed by atoms with Gasteiger partial charge in [-0.3, -0.25) is 0 Å². The van der Waals surface area contributed by atoms with Crippen molar-refractivity contribution >= 4 is 0 Å². The average molecular weight is 192 g/mol. The van der Waals surface area contributed by atoms with Crippen molar-refractivity contribution in [3.8, 4) is 0 Å². The van der Waals surface area contributed by atoms with Crippen molar-refractivity contribution in [2.45, 2.75) is 64.7 Å². The summed E-state index contributed by atoms with van der Waals surface area (Å²) in [5, 5.41) is 0. The van der Waals surface area contributed by atoms with Crippen molar-refractivity contribution in [1.29, 1.82) is 0 Å². The number of hydrogen-bond donors (Lipinski definition) is 0. The van der Waals surface area contributed by atoms with E-state index >= 15 is 0 Å². The standard InChI is InChI=1S/C14H24/c1-2-3-7-10-14(11-12-14)13-8-5-4-6-9-13/h5,8,13H,2-4,6-7,9-12H2,1H3/t13-/m0/s1. The van der Waals surface area contributed by atoms with Crippen molar-refractivity contribution in [1.82, 2.24) is 0 Å². The second-order valence-electron chi connectivity index (χ2n) is 5.29. The summed E-state index contributed by atoms with van der Waals surface area (Å²) in [7, 11) is 0. The number of unbranched alkanes of at least 4 members (excludes halogenated alkanes) is 2. The fourth-order valence-electron chi connectivity index (χ4n) is 3.02. The maximum absolute atomic E-state index is 2.53. The number of hydrogen-bond acceptors (Lipinski definition) is 0. The van der Waals surface area contributed by atoms with E-state index in [4.69, 9.17) is 0 Å². The molecular weight excluding hydrogens is 168 g/mol. The first-order chi connectivity index (χ1) is 6.87. The summed E-state index contributed by atoms with van der Waals surface area (Å²) >= 11 is 0.